The van der Waals surface area contributed by atoms with Crippen molar-refractivity contribution in [2.24, 2.45) is 11.6 Å². The van der Waals surface area contributed by atoms with E-state index in [0.717, 1.165) is 12.8 Å². The first-order chi connectivity index (χ1) is 4.81. The molecule has 0 radical (unpaired) electrons. The Morgan fingerprint density at radius 1 is 1.40 bits per heavy atom. The Kier molecular flexibility index (Phi) is 6.84. The normalized spacial score (nSPS) is 13.5. The van der Waals surface area contributed by atoms with Gasteiger partial charge in [-0.3, -0.25) is 0 Å². The summed E-state index contributed by atoms with van der Waals surface area (Å²) in [6, 6.07) is 0. The summed E-state index contributed by atoms with van der Waals surface area (Å²) in [5.41, 5.74) is 5.40. The van der Waals surface area contributed by atoms with E-state index in [4.69, 9.17) is 5.73 Å². The summed E-state index contributed by atoms with van der Waals surface area (Å²) >= 11 is 0. The fraction of sp³-hybridized carbons (Fsp3) is 1.00. The third-order valence-corrected chi connectivity index (χ3v) is 1.27. The maximum atomic E-state index is 5.40. The first-order valence-corrected chi connectivity index (χ1v) is 3.59. The van der Waals surface area contributed by atoms with Gasteiger partial charge in [0.2, 0.25) is 0 Å². The summed E-state index contributed by atoms with van der Waals surface area (Å²) in [4.78, 5) is 8.35. The number of hydrogen-bond donors (Lipinski definition) is 2. The number of rotatable bonds is 6. The molecule has 0 spiro atoms. The Bertz CT molecular complexity index is 70.8. The van der Waals surface area contributed by atoms with Gasteiger partial charge in [-0.1, -0.05) is 19.8 Å². The SMILES string of the molecule is CCCCCC(N)OON. The van der Waals surface area contributed by atoms with Crippen molar-refractivity contribution in [3.05, 3.63) is 0 Å². The Balaban J connectivity index is 2.97. The maximum Gasteiger partial charge on any atom is 0.143 e. The van der Waals surface area contributed by atoms with Gasteiger partial charge < -0.3 is 5.73 Å². The monoisotopic (exact) mass is 148 g/mol. The molecule has 0 saturated heterocycles. The molecule has 0 saturated carbocycles. The molecule has 4 N–H and O–H groups in total. The van der Waals surface area contributed by atoms with Crippen LogP contribution in [0.25, 0.3) is 0 Å². The van der Waals surface area contributed by atoms with Crippen LogP contribution in [0.1, 0.15) is 32.6 Å². The lowest BCUT2D eigenvalue weighted by atomic mass is 10.2. The molecule has 4 nitrogen and oxygen atoms in total. The fourth-order valence-electron chi connectivity index (χ4n) is 0.715. The van der Waals surface area contributed by atoms with Crippen LogP contribution in [0, 0.1) is 0 Å². The standard InChI is InChI=1S/C6H16N2O2/c1-2-3-4-5-6(7)9-10-8/h6H,2-5,7-8H2,1H3. The van der Waals surface area contributed by atoms with Crippen LogP contribution in [0.2, 0.25) is 0 Å². The smallest absolute Gasteiger partial charge is 0.143 e. The zero-order chi connectivity index (χ0) is 7.82. The van der Waals surface area contributed by atoms with Crippen molar-refractivity contribution in [2.45, 2.75) is 38.8 Å². The highest BCUT2D eigenvalue weighted by Crippen LogP contribution is 2.01. The minimum absolute atomic E-state index is 0.378. The van der Waals surface area contributed by atoms with E-state index < -0.39 is 0 Å². The summed E-state index contributed by atoms with van der Waals surface area (Å²) in [6.45, 7) is 2.13. The average Bonchev–Trinajstić information content (AvgIpc) is 1.89. The predicted octanol–water partition coefficient (Wildman–Crippen LogP) is 0.673. The Morgan fingerprint density at radius 2 is 2.10 bits per heavy atom. The van der Waals surface area contributed by atoms with Gasteiger partial charge in [0.1, 0.15) is 6.23 Å². The summed E-state index contributed by atoms with van der Waals surface area (Å²) in [6.07, 6.45) is 3.82. The molecular weight excluding hydrogens is 132 g/mol. The van der Waals surface area contributed by atoms with Crippen molar-refractivity contribution < 1.29 is 9.88 Å². The second-order valence-electron chi connectivity index (χ2n) is 2.23. The van der Waals surface area contributed by atoms with Gasteiger partial charge >= 0.3 is 0 Å². The molecule has 0 aromatic carbocycles. The van der Waals surface area contributed by atoms with E-state index >= 15 is 0 Å². The van der Waals surface area contributed by atoms with Crippen LogP contribution in [0.15, 0.2) is 0 Å². The van der Waals surface area contributed by atoms with Crippen LogP contribution in [0.4, 0.5) is 0 Å². The number of unbranched alkanes of at least 4 members (excludes halogenated alkanes) is 2. The number of nitrogens with two attached hydrogens (primary N) is 2. The van der Waals surface area contributed by atoms with Crippen molar-refractivity contribution in [3.8, 4) is 0 Å². The van der Waals surface area contributed by atoms with Crippen LogP contribution in [-0.2, 0) is 9.88 Å². The zero-order valence-corrected chi connectivity index (χ0v) is 6.38. The van der Waals surface area contributed by atoms with E-state index in [0.29, 0.717) is 0 Å². The highest BCUT2D eigenvalue weighted by atomic mass is 17.3. The third kappa shape index (κ3) is 5.97. The van der Waals surface area contributed by atoms with E-state index in [1.54, 1.807) is 0 Å². The molecule has 0 rings (SSSR count). The van der Waals surface area contributed by atoms with Gasteiger partial charge in [0.15, 0.2) is 0 Å². The third-order valence-electron chi connectivity index (χ3n) is 1.27. The molecule has 0 aromatic rings. The Hall–Kier alpha value is -0.160. The van der Waals surface area contributed by atoms with E-state index in [1.165, 1.54) is 12.8 Å². The number of hydrogen-bond acceptors (Lipinski definition) is 4. The van der Waals surface area contributed by atoms with E-state index in [-0.39, 0.29) is 6.23 Å². The van der Waals surface area contributed by atoms with Crippen LogP contribution in [0.3, 0.4) is 0 Å². The highest BCUT2D eigenvalue weighted by Gasteiger charge is 2.00. The molecule has 0 amide bonds. The average molecular weight is 148 g/mol. The Labute approximate surface area is 61.4 Å². The molecule has 0 aliphatic rings. The topological polar surface area (TPSA) is 70.5 Å². The molecule has 4 heteroatoms. The summed E-state index contributed by atoms with van der Waals surface area (Å²) < 4.78 is 0. The first kappa shape index (κ1) is 9.84. The molecule has 0 fully saturated rings. The van der Waals surface area contributed by atoms with Crippen molar-refractivity contribution in [3.63, 3.8) is 0 Å². The quantitative estimate of drug-likeness (QED) is 0.251. The molecular formula is C6H16N2O2. The van der Waals surface area contributed by atoms with Crippen molar-refractivity contribution in [2.75, 3.05) is 0 Å². The van der Waals surface area contributed by atoms with E-state index in [9.17, 15) is 0 Å². The van der Waals surface area contributed by atoms with Gasteiger partial charge in [-0.25, -0.2) is 0 Å². The van der Waals surface area contributed by atoms with Crippen LogP contribution >= 0.6 is 0 Å². The fourth-order valence-corrected chi connectivity index (χ4v) is 0.715. The van der Waals surface area contributed by atoms with Gasteiger partial charge in [0, 0.05) is 0 Å². The molecule has 0 aliphatic heterocycles. The molecule has 0 heterocycles. The summed E-state index contributed by atoms with van der Waals surface area (Å²) in [7, 11) is 0. The van der Waals surface area contributed by atoms with E-state index in [1.807, 2.05) is 0 Å². The van der Waals surface area contributed by atoms with Gasteiger partial charge in [-0.2, -0.15) is 10.8 Å². The van der Waals surface area contributed by atoms with Gasteiger partial charge in [-0.15, -0.1) is 4.99 Å². The van der Waals surface area contributed by atoms with Crippen LogP contribution in [0.5, 0.6) is 0 Å². The van der Waals surface area contributed by atoms with E-state index in [2.05, 4.69) is 22.7 Å². The lowest BCUT2D eigenvalue weighted by Crippen LogP contribution is -2.25. The summed E-state index contributed by atoms with van der Waals surface area (Å²) in [5, 5.41) is 0. The minimum Gasteiger partial charge on any atom is -0.303 e. The zero-order valence-electron chi connectivity index (χ0n) is 6.38. The second-order valence-corrected chi connectivity index (χ2v) is 2.23. The van der Waals surface area contributed by atoms with Gasteiger partial charge in [0.25, 0.3) is 0 Å². The minimum atomic E-state index is -0.378. The lowest BCUT2D eigenvalue weighted by molar-refractivity contribution is -0.329. The summed E-state index contributed by atoms with van der Waals surface area (Å²) in [5.74, 6) is 4.63. The first-order valence-electron chi connectivity index (χ1n) is 3.59. The molecule has 1 atom stereocenters. The maximum absolute atomic E-state index is 5.40. The van der Waals surface area contributed by atoms with Gasteiger partial charge in [-0.05, 0) is 12.8 Å². The van der Waals surface area contributed by atoms with Crippen molar-refractivity contribution >= 4 is 0 Å². The highest BCUT2D eigenvalue weighted by molar-refractivity contribution is 4.45. The molecule has 0 bridgehead atoms. The lowest BCUT2D eigenvalue weighted by Gasteiger charge is -2.07. The van der Waals surface area contributed by atoms with Crippen molar-refractivity contribution in [1.29, 1.82) is 0 Å². The molecule has 62 valence electrons. The molecule has 10 heavy (non-hydrogen) atoms. The van der Waals surface area contributed by atoms with Crippen LogP contribution < -0.4 is 11.6 Å². The largest absolute Gasteiger partial charge is 0.303 e. The molecule has 1 unspecified atom stereocenters. The Morgan fingerprint density at radius 3 is 2.60 bits per heavy atom. The predicted molar refractivity (Wildman–Crippen MR) is 38.5 cm³/mol. The van der Waals surface area contributed by atoms with Crippen molar-refractivity contribution in [1.82, 2.24) is 0 Å². The van der Waals surface area contributed by atoms with Crippen LogP contribution in [-0.4, -0.2) is 6.23 Å². The second kappa shape index (κ2) is 6.95. The van der Waals surface area contributed by atoms with Gasteiger partial charge in [0.05, 0.1) is 0 Å². The molecule has 0 aliphatic carbocycles. The molecule has 0 aromatic heterocycles.